The molecule has 1 aliphatic heterocycles. The highest BCUT2D eigenvalue weighted by Gasteiger charge is 2.44. The first-order chi connectivity index (χ1) is 11.2. The number of nitrogens with zero attached hydrogens (tertiary/aromatic N) is 1. The first-order valence-electron chi connectivity index (χ1n) is 8.03. The van der Waals surface area contributed by atoms with Crippen molar-refractivity contribution in [2.75, 3.05) is 26.9 Å². The van der Waals surface area contributed by atoms with Gasteiger partial charge in [0.1, 0.15) is 11.9 Å². The molecule has 1 amide bonds. The fourth-order valence-corrected chi connectivity index (χ4v) is 3.70. The highest BCUT2D eigenvalue weighted by atomic mass is 35.5. The van der Waals surface area contributed by atoms with Gasteiger partial charge in [0.05, 0.1) is 36.4 Å². The Balaban J connectivity index is 1.89. The average molecular weight is 340 g/mol. The van der Waals surface area contributed by atoms with Crippen molar-refractivity contribution in [1.82, 2.24) is 4.90 Å². The largest absolute Gasteiger partial charge is 0.497 e. The Kier molecular flexibility index (Phi) is 5.09. The van der Waals surface area contributed by atoms with Crippen molar-refractivity contribution in [3.05, 3.63) is 28.8 Å². The van der Waals surface area contributed by atoms with Gasteiger partial charge < -0.3 is 19.1 Å². The number of hydrogen-bond acceptors (Lipinski definition) is 4. The Morgan fingerprint density at radius 1 is 1.43 bits per heavy atom. The molecule has 0 radical (unpaired) electrons. The highest BCUT2D eigenvalue weighted by molar-refractivity contribution is 6.33. The number of amides is 1. The highest BCUT2D eigenvalue weighted by Crippen LogP contribution is 2.34. The van der Waals surface area contributed by atoms with E-state index in [0.29, 0.717) is 36.1 Å². The fraction of sp³-hybridized carbons (Fsp3) is 0.588. The zero-order valence-electron chi connectivity index (χ0n) is 13.5. The van der Waals surface area contributed by atoms with E-state index in [1.54, 1.807) is 25.3 Å². The molecular weight excluding hydrogens is 318 g/mol. The number of ether oxygens (including phenoxy) is 3. The molecule has 1 aromatic carbocycles. The molecule has 1 saturated heterocycles. The summed E-state index contributed by atoms with van der Waals surface area (Å²) in [5.41, 5.74) is 0.464. The molecule has 1 aromatic rings. The molecule has 2 fully saturated rings. The van der Waals surface area contributed by atoms with Crippen molar-refractivity contribution in [3.8, 4) is 5.75 Å². The van der Waals surface area contributed by atoms with Gasteiger partial charge in [0.25, 0.3) is 5.91 Å². The third kappa shape index (κ3) is 3.18. The summed E-state index contributed by atoms with van der Waals surface area (Å²) in [6, 6.07) is 5.18. The molecule has 0 unspecified atom stereocenters. The van der Waals surface area contributed by atoms with Crippen LogP contribution < -0.4 is 4.74 Å². The monoisotopic (exact) mass is 339 g/mol. The predicted octanol–water partition coefficient (Wildman–Crippen LogP) is 2.76. The number of hydrogen-bond donors (Lipinski definition) is 0. The molecule has 1 heterocycles. The van der Waals surface area contributed by atoms with E-state index in [2.05, 4.69) is 0 Å². The molecule has 6 heteroatoms. The maximum absolute atomic E-state index is 13.1. The third-order valence-corrected chi connectivity index (χ3v) is 4.91. The lowest BCUT2D eigenvalue weighted by atomic mass is 10.1. The van der Waals surface area contributed by atoms with E-state index < -0.39 is 0 Å². The summed E-state index contributed by atoms with van der Waals surface area (Å²) in [5, 5.41) is 0.434. The van der Waals surface area contributed by atoms with Crippen LogP contribution in [0.2, 0.25) is 5.02 Å². The summed E-state index contributed by atoms with van der Waals surface area (Å²) in [6.45, 7) is 3.66. The predicted molar refractivity (Wildman–Crippen MR) is 87.2 cm³/mol. The van der Waals surface area contributed by atoms with E-state index in [1.165, 1.54) is 0 Å². The van der Waals surface area contributed by atoms with Crippen LogP contribution in [0.5, 0.6) is 5.75 Å². The molecule has 3 rings (SSSR count). The summed E-state index contributed by atoms with van der Waals surface area (Å²) in [7, 11) is 1.57. The fourth-order valence-electron chi connectivity index (χ4n) is 3.50. The molecular formula is C17H22ClNO4. The number of fused-ring (bicyclic) bond motifs is 2. The summed E-state index contributed by atoms with van der Waals surface area (Å²) in [4.78, 5) is 14.9. The van der Waals surface area contributed by atoms with Crippen molar-refractivity contribution >= 4 is 17.5 Å². The minimum absolute atomic E-state index is 0.0391. The maximum atomic E-state index is 13.1. The maximum Gasteiger partial charge on any atom is 0.255 e. The topological polar surface area (TPSA) is 48.0 Å². The standard InChI is InChI=1S/C17H22ClNO4/c1-3-22-16-14-6-7-15(16)23-9-8-19(14)17(20)12-10-11(21-2)4-5-13(12)18/h4-5,10,14-16H,3,6-9H2,1-2H3/t14-,15-,16-/m1/s1. The van der Waals surface area contributed by atoms with E-state index in [1.807, 2.05) is 11.8 Å². The molecule has 0 spiro atoms. The van der Waals surface area contributed by atoms with Gasteiger partial charge in [-0.15, -0.1) is 0 Å². The van der Waals surface area contributed by atoms with Crippen LogP contribution in [-0.4, -0.2) is 55.9 Å². The van der Waals surface area contributed by atoms with Gasteiger partial charge in [-0.3, -0.25) is 4.79 Å². The van der Waals surface area contributed by atoms with E-state index in [9.17, 15) is 4.79 Å². The number of carbonyl (C=O) groups excluding carboxylic acids is 1. The Morgan fingerprint density at radius 2 is 2.26 bits per heavy atom. The normalized spacial score (nSPS) is 26.9. The number of halogens is 1. The molecule has 2 aliphatic rings. The SMILES string of the molecule is CCO[C@@H]1[C@H]2CC[C@H]1OCCN2C(=O)c1cc(OC)ccc1Cl. The van der Waals surface area contributed by atoms with Crippen LogP contribution in [0.3, 0.4) is 0 Å². The molecule has 2 bridgehead atoms. The van der Waals surface area contributed by atoms with Crippen LogP contribution >= 0.6 is 11.6 Å². The Morgan fingerprint density at radius 3 is 3.00 bits per heavy atom. The van der Waals surface area contributed by atoms with Gasteiger partial charge in [0, 0.05) is 13.2 Å². The molecule has 5 nitrogen and oxygen atoms in total. The van der Waals surface area contributed by atoms with Gasteiger partial charge in [0.15, 0.2) is 0 Å². The zero-order valence-corrected chi connectivity index (χ0v) is 14.2. The summed E-state index contributed by atoms with van der Waals surface area (Å²) in [6.07, 6.45) is 1.84. The number of rotatable bonds is 4. The lowest BCUT2D eigenvalue weighted by Crippen LogP contribution is -2.46. The molecule has 1 aliphatic carbocycles. The molecule has 126 valence electrons. The Bertz CT molecular complexity index is 580. The van der Waals surface area contributed by atoms with Crippen LogP contribution in [-0.2, 0) is 9.47 Å². The number of methoxy groups -OCH3 is 1. The van der Waals surface area contributed by atoms with Crippen molar-refractivity contribution in [1.29, 1.82) is 0 Å². The lowest BCUT2D eigenvalue weighted by molar-refractivity contribution is -0.0484. The van der Waals surface area contributed by atoms with Crippen molar-refractivity contribution in [2.24, 2.45) is 0 Å². The van der Waals surface area contributed by atoms with Crippen LogP contribution in [0.1, 0.15) is 30.1 Å². The number of benzene rings is 1. The second-order valence-electron chi connectivity index (χ2n) is 5.82. The second kappa shape index (κ2) is 7.07. The molecule has 0 aromatic heterocycles. The van der Waals surface area contributed by atoms with Gasteiger partial charge in [0.2, 0.25) is 0 Å². The summed E-state index contributed by atoms with van der Waals surface area (Å²) < 4.78 is 17.0. The van der Waals surface area contributed by atoms with Crippen molar-refractivity contribution < 1.29 is 19.0 Å². The summed E-state index contributed by atoms with van der Waals surface area (Å²) in [5.74, 6) is 0.532. The minimum atomic E-state index is -0.0882. The summed E-state index contributed by atoms with van der Waals surface area (Å²) >= 11 is 6.24. The van der Waals surface area contributed by atoms with Gasteiger partial charge in [-0.1, -0.05) is 11.6 Å². The smallest absolute Gasteiger partial charge is 0.255 e. The van der Waals surface area contributed by atoms with Crippen LogP contribution in [0.4, 0.5) is 0 Å². The van der Waals surface area contributed by atoms with Crippen molar-refractivity contribution in [3.63, 3.8) is 0 Å². The van der Waals surface area contributed by atoms with Gasteiger partial charge in [-0.2, -0.15) is 0 Å². The van der Waals surface area contributed by atoms with Crippen molar-refractivity contribution in [2.45, 2.75) is 38.0 Å². The first-order valence-corrected chi connectivity index (χ1v) is 8.41. The van der Waals surface area contributed by atoms with Crippen LogP contribution in [0.25, 0.3) is 0 Å². The average Bonchev–Trinajstić information content (AvgIpc) is 2.83. The molecule has 0 N–H and O–H groups in total. The second-order valence-corrected chi connectivity index (χ2v) is 6.23. The minimum Gasteiger partial charge on any atom is -0.497 e. The van der Waals surface area contributed by atoms with E-state index in [4.69, 9.17) is 25.8 Å². The molecule has 23 heavy (non-hydrogen) atoms. The van der Waals surface area contributed by atoms with Crippen LogP contribution in [0, 0.1) is 0 Å². The molecule has 3 atom stereocenters. The quantitative estimate of drug-likeness (QED) is 0.846. The zero-order chi connectivity index (χ0) is 16.4. The Hall–Kier alpha value is -1.30. The van der Waals surface area contributed by atoms with E-state index in [0.717, 1.165) is 12.8 Å². The lowest BCUT2D eigenvalue weighted by Gasteiger charge is -2.31. The Labute approximate surface area is 141 Å². The van der Waals surface area contributed by atoms with Gasteiger partial charge in [-0.25, -0.2) is 0 Å². The molecule has 1 saturated carbocycles. The van der Waals surface area contributed by atoms with Gasteiger partial charge in [-0.05, 0) is 38.0 Å². The van der Waals surface area contributed by atoms with E-state index in [-0.39, 0.29) is 24.2 Å². The van der Waals surface area contributed by atoms with Gasteiger partial charge >= 0.3 is 0 Å². The first kappa shape index (κ1) is 16.6. The van der Waals surface area contributed by atoms with Crippen LogP contribution in [0.15, 0.2) is 18.2 Å². The van der Waals surface area contributed by atoms with E-state index >= 15 is 0 Å². The third-order valence-electron chi connectivity index (χ3n) is 4.58. The number of carbonyl (C=O) groups is 1.